The van der Waals surface area contributed by atoms with E-state index in [0.717, 1.165) is 24.0 Å². The van der Waals surface area contributed by atoms with Crippen molar-refractivity contribution in [3.05, 3.63) is 29.3 Å². The third-order valence-corrected chi connectivity index (χ3v) is 13.5. The van der Waals surface area contributed by atoms with Gasteiger partial charge < -0.3 is 9.22 Å². The fraction of sp³-hybridized carbons (Fsp3) is 0.632. The highest BCUT2D eigenvalue weighted by molar-refractivity contribution is 6.74. The van der Waals surface area contributed by atoms with Gasteiger partial charge >= 0.3 is 0 Å². The van der Waals surface area contributed by atoms with E-state index in [1.807, 2.05) is 31.3 Å². The molecule has 0 saturated carbocycles. The fourth-order valence-corrected chi connectivity index (χ4v) is 3.74. The monoisotopic (exact) mass is 366 g/mol. The Hall–Kier alpha value is -0.916. The number of carbonyl (C=O) groups is 1. The van der Waals surface area contributed by atoms with Crippen LogP contribution in [0.2, 0.25) is 36.3 Å². The summed E-state index contributed by atoms with van der Waals surface area (Å²) in [4.78, 5) is 21.9. The first kappa shape index (κ1) is 21.1. The Balaban J connectivity index is 3.21. The molecular weight excluding hydrogens is 332 g/mol. The van der Waals surface area contributed by atoms with Gasteiger partial charge in [0, 0.05) is 5.56 Å². The molecule has 136 valence electrons. The first-order valence-electron chi connectivity index (χ1n) is 8.60. The second kappa shape index (κ2) is 6.77. The smallest absolute Gasteiger partial charge is 0.250 e. The minimum Gasteiger partial charge on any atom is -0.543 e. The fourth-order valence-electron chi connectivity index (χ4n) is 2.09. The number of hydrogen-bond donors (Lipinski definition) is 1. The van der Waals surface area contributed by atoms with Crippen LogP contribution in [0.3, 0.4) is 0 Å². The zero-order chi connectivity index (χ0) is 19.0. The van der Waals surface area contributed by atoms with Crippen molar-refractivity contribution in [1.82, 2.24) is 0 Å². The molecule has 1 aromatic carbocycles. The van der Waals surface area contributed by atoms with E-state index in [9.17, 15) is 9.59 Å². The SMILES string of the molecule is CC(C)(Cc1cc(C=O)cc(O[Si](C)(C)C(C)(C)C)c1)[Si](C)(C)O. The van der Waals surface area contributed by atoms with E-state index in [2.05, 4.69) is 47.7 Å². The van der Waals surface area contributed by atoms with Gasteiger partial charge in [0.2, 0.25) is 8.32 Å². The van der Waals surface area contributed by atoms with Crippen LogP contribution in [-0.4, -0.2) is 27.7 Å². The Morgan fingerprint density at radius 3 is 2.00 bits per heavy atom. The lowest BCUT2D eigenvalue weighted by Crippen LogP contribution is -2.44. The third kappa shape index (κ3) is 5.04. The maximum atomic E-state index is 11.4. The predicted octanol–water partition coefficient (Wildman–Crippen LogP) is 5.40. The molecule has 0 spiro atoms. The maximum absolute atomic E-state index is 11.4. The van der Waals surface area contributed by atoms with E-state index in [1.165, 1.54) is 0 Å². The van der Waals surface area contributed by atoms with E-state index < -0.39 is 16.6 Å². The zero-order valence-corrected chi connectivity index (χ0v) is 18.8. The minimum atomic E-state index is -2.31. The largest absolute Gasteiger partial charge is 0.543 e. The summed E-state index contributed by atoms with van der Waals surface area (Å²) in [5.74, 6) is 0.773. The summed E-state index contributed by atoms with van der Waals surface area (Å²) >= 11 is 0. The summed E-state index contributed by atoms with van der Waals surface area (Å²) < 4.78 is 6.38. The molecule has 0 fully saturated rings. The van der Waals surface area contributed by atoms with Crippen molar-refractivity contribution in [3.63, 3.8) is 0 Å². The van der Waals surface area contributed by atoms with Gasteiger partial charge in [-0.1, -0.05) is 34.6 Å². The second-order valence-electron chi connectivity index (χ2n) is 9.51. The molecule has 1 rings (SSSR count). The lowest BCUT2D eigenvalue weighted by Gasteiger charge is -2.37. The Morgan fingerprint density at radius 2 is 1.58 bits per heavy atom. The van der Waals surface area contributed by atoms with Gasteiger partial charge in [0.25, 0.3) is 0 Å². The first-order valence-corrected chi connectivity index (χ1v) is 14.5. The van der Waals surface area contributed by atoms with Crippen molar-refractivity contribution in [2.75, 3.05) is 0 Å². The highest BCUT2D eigenvalue weighted by Gasteiger charge is 2.40. The van der Waals surface area contributed by atoms with Crippen molar-refractivity contribution < 1.29 is 14.0 Å². The molecule has 0 aromatic heterocycles. The Labute approximate surface area is 149 Å². The molecule has 1 aromatic rings. The van der Waals surface area contributed by atoms with E-state index in [0.29, 0.717) is 5.56 Å². The van der Waals surface area contributed by atoms with Crippen LogP contribution in [0.5, 0.6) is 5.75 Å². The van der Waals surface area contributed by atoms with Crippen LogP contribution in [0.4, 0.5) is 0 Å². The van der Waals surface area contributed by atoms with Gasteiger partial charge in [-0.15, -0.1) is 0 Å². The minimum absolute atomic E-state index is 0.101. The Kier molecular flexibility index (Phi) is 5.96. The molecule has 3 nitrogen and oxygen atoms in total. The van der Waals surface area contributed by atoms with Crippen molar-refractivity contribution >= 4 is 22.9 Å². The van der Waals surface area contributed by atoms with E-state index in [-0.39, 0.29) is 10.1 Å². The number of aldehydes is 1. The molecule has 0 aliphatic heterocycles. The Morgan fingerprint density at radius 1 is 1.04 bits per heavy atom. The lowest BCUT2D eigenvalue weighted by molar-refractivity contribution is 0.112. The number of benzene rings is 1. The molecular formula is C19H34O3Si2. The lowest BCUT2D eigenvalue weighted by atomic mass is 10.00. The van der Waals surface area contributed by atoms with Crippen LogP contribution in [0.1, 0.15) is 50.5 Å². The molecule has 0 atom stereocenters. The molecule has 0 radical (unpaired) electrons. The molecule has 0 amide bonds. The van der Waals surface area contributed by atoms with Crippen LogP contribution in [-0.2, 0) is 6.42 Å². The summed E-state index contributed by atoms with van der Waals surface area (Å²) in [5, 5.41) is -0.0770. The molecule has 24 heavy (non-hydrogen) atoms. The number of carbonyl (C=O) groups excluding carboxylic acids is 1. The average molecular weight is 367 g/mol. The number of rotatable bonds is 6. The molecule has 0 saturated heterocycles. The van der Waals surface area contributed by atoms with Gasteiger partial charge in [-0.3, -0.25) is 4.79 Å². The zero-order valence-electron chi connectivity index (χ0n) is 16.8. The van der Waals surface area contributed by atoms with Crippen LogP contribution in [0, 0.1) is 0 Å². The summed E-state index contributed by atoms with van der Waals surface area (Å²) in [6.07, 6.45) is 1.61. The maximum Gasteiger partial charge on any atom is 0.250 e. The summed E-state index contributed by atoms with van der Waals surface area (Å²) in [6.45, 7) is 19.1. The van der Waals surface area contributed by atoms with Gasteiger partial charge in [0.1, 0.15) is 12.0 Å². The quantitative estimate of drug-likeness (QED) is 0.541. The van der Waals surface area contributed by atoms with Crippen molar-refractivity contribution in [3.8, 4) is 5.75 Å². The molecule has 0 bridgehead atoms. The first-order chi connectivity index (χ1) is 10.6. The molecule has 0 heterocycles. The van der Waals surface area contributed by atoms with Gasteiger partial charge in [-0.2, -0.15) is 0 Å². The molecule has 0 aliphatic carbocycles. The second-order valence-corrected chi connectivity index (χ2v) is 18.7. The van der Waals surface area contributed by atoms with Crippen LogP contribution >= 0.6 is 0 Å². The highest BCUT2D eigenvalue weighted by atomic mass is 28.4. The van der Waals surface area contributed by atoms with E-state index >= 15 is 0 Å². The third-order valence-electron chi connectivity index (χ3n) is 5.61. The van der Waals surface area contributed by atoms with Crippen molar-refractivity contribution in [1.29, 1.82) is 0 Å². The van der Waals surface area contributed by atoms with E-state index in [1.54, 1.807) is 0 Å². The highest BCUT2D eigenvalue weighted by Crippen LogP contribution is 2.41. The van der Waals surface area contributed by atoms with Crippen LogP contribution in [0.25, 0.3) is 0 Å². The summed E-state index contributed by atoms with van der Waals surface area (Å²) in [7, 11) is -4.27. The van der Waals surface area contributed by atoms with Crippen molar-refractivity contribution in [2.24, 2.45) is 0 Å². The van der Waals surface area contributed by atoms with Gasteiger partial charge in [-0.05, 0) is 66.4 Å². The summed E-state index contributed by atoms with van der Waals surface area (Å²) in [5.41, 5.74) is 1.68. The Bertz CT molecular complexity index is 547. The van der Waals surface area contributed by atoms with Crippen molar-refractivity contribution in [2.45, 2.75) is 77.3 Å². The average Bonchev–Trinajstić information content (AvgIpc) is 2.34. The summed E-state index contributed by atoms with van der Waals surface area (Å²) in [6, 6.07) is 5.77. The molecule has 0 unspecified atom stereocenters. The predicted molar refractivity (Wildman–Crippen MR) is 107 cm³/mol. The van der Waals surface area contributed by atoms with Crippen LogP contribution < -0.4 is 4.43 Å². The topological polar surface area (TPSA) is 46.5 Å². The normalized spacial score (nSPS) is 13.8. The van der Waals surface area contributed by atoms with Gasteiger partial charge in [-0.25, -0.2) is 0 Å². The van der Waals surface area contributed by atoms with Gasteiger partial charge in [0.05, 0.1) is 0 Å². The standard InChI is InChI=1S/C19H34O3Si2/c1-18(2,3)24(8,9)22-17-11-15(10-16(12-17)14-20)13-19(4,5)23(6,7)21/h10-12,14,21H,13H2,1-9H3. The van der Waals surface area contributed by atoms with Crippen LogP contribution in [0.15, 0.2) is 18.2 Å². The molecule has 1 N–H and O–H groups in total. The van der Waals surface area contributed by atoms with E-state index in [4.69, 9.17) is 4.43 Å². The number of hydrogen-bond acceptors (Lipinski definition) is 3. The molecule has 0 aliphatic rings. The molecule has 5 heteroatoms. The van der Waals surface area contributed by atoms with Gasteiger partial charge in [0.15, 0.2) is 8.32 Å².